The van der Waals surface area contributed by atoms with Crippen LogP contribution in [0.1, 0.15) is 27.9 Å². The van der Waals surface area contributed by atoms with Crippen LogP contribution < -0.4 is 10.7 Å². The van der Waals surface area contributed by atoms with Gasteiger partial charge in [-0.15, -0.1) is 0 Å². The maximum atomic E-state index is 12.7. The highest BCUT2D eigenvalue weighted by molar-refractivity contribution is 6.04. The number of hydrogen-bond acceptors (Lipinski definition) is 4. The van der Waals surface area contributed by atoms with Crippen molar-refractivity contribution in [3.8, 4) is 5.75 Å². The van der Waals surface area contributed by atoms with E-state index in [-0.39, 0.29) is 17.8 Å². The van der Waals surface area contributed by atoms with E-state index in [9.17, 15) is 14.7 Å². The topological polar surface area (TPSA) is 75.0 Å². The molecule has 0 bridgehead atoms. The van der Waals surface area contributed by atoms with Crippen LogP contribution in [-0.4, -0.2) is 15.3 Å². The summed E-state index contributed by atoms with van der Waals surface area (Å²) in [6.45, 7) is 0.527. The van der Waals surface area contributed by atoms with Crippen LogP contribution >= 0.6 is 0 Å². The number of nitrogens with zero attached hydrogens (tertiary/aromatic N) is 2. The third kappa shape index (κ3) is 2.21. The molecule has 120 valence electrons. The molecule has 0 fully saturated rings. The fourth-order valence-electron chi connectivity index (χ4n) is 3.39. The highest BCUT2D eigenvalue weighted by atomic mass is 16.3. The molecule has 0 unspecified atom stereocenters. The molecule has 1 aromatic carbocycles. The van der Waals surface area contributed by atoms with E-state index in [2.05, 4.69) is 4.98 Å². The molecule has 0 saturated heterocycles. The van der Waals surface area contributed by atoms with Gasteiger partial charge < -0.3 is 9.67 Å². The van der Waals surface area contributed by atoms with E-state index < -0.39 is 11.3 Å². The number of aryl methyl sites for hydroxylation is 3. The monoisotopic (exact) mass is 319 g/mol. The lowest BCUT2D eigenvalue weighted by Gasteiger charge is -2.17. The number of rotatable bonds is 4. The van der Waals surface area contributed by atoms with Crippen LogP contribution in [-0.2, 0) is 19.4 Å². The SMILES string of the molecule is O=C(CCc1ccncc1)c1c([O-])c2cccc3c2n(c1=O)CC3. The number of para-hydroxylation sites is 1. The van der Waals surface area contributed by atoms with Gasteiger partial charge in [0.25, 0.3) is 5.56 Å². The van der Waals surface area contributed by atoms with Crippen LogP contribution in [0.2, 0.25) is 0 Å². The van der Waals surface area contributed by atoms with Gasteiger partial charge in [-0.1, -0.05) is 23.9 Å². The van der Waals surface area contributed by atoms with Gasteiger partial charge in [0.1, 0.15) is 0 Å². The van der Waals surface area contributed by atoms with Gasteiger partial charge in [-0.25, -0.2) is 0 Å². The molecule has 2 aromatic heterocycles. The van der Waals surface area contributed by atoms with Crippen molar-refractivity contribution >= 4 is 16.7 Å². The zero-order valence-electron chi connectivity index (χ0n) is 13.0. The summed E-state index contributed by atoms with van der Waals surface area (Å²) in [6.07, 6.45) is 4.66. The molecule has 3 heterocycles. The van der Waals surface area contributed by atoms with Crippen molar-refractivity contribution in [1.29, 1.82) is 0 Å². The number of carbonyl (C=O) groups excluding carboxylic acids is 1. The summed E-state index contributed by atoms with van der Waals surface area (Å²) < 4.78 is 1.58. The predicted octanol–water partition coefficient (Wildman–Crippen LogP) is 1.84. The van der Waals surface area contributed by atoms with Gasteiger partial charge >= 0.3 is 0 Å². The number of pyridine rings is 2. The zero-order valence-corrected chi connectivity index (χ0v) is 13.0. The molecule has 0 aliphatic carbocycles. The van der Waals surface area contributed by atoms with Gasteiger partial charge in [-0.05, 0) is 41.5 Å². The molecule has 0 radical (unpaired) electrons. The van der Waals surface area contributed by atoms with Crippen LogP contribution in [0, 0.1) is 0 Å². The molecule has 5 heteroatoms. The maximum Gasteiger partial charge on any atom is 0.261 e. The molecule has 0 N–H and O–H groups in total. The van der Waals surface area contributed by atoms with Crippen LogP contribution in [0.15, 0.2) is 47.5 Å². The molecule has 4 rings (SSSR count). The first kappa shape index (κ1) is 14.6. The molecular formula is C19H15N2O3-. The first-order chi connectivity index (χ1) is 11.7. The number of benzene rings is 1. The van der Waals surface area contributed by atoms with Crippen molar-refractivity contribution in [2.75, 3.05) is 0 Å². The Labute approximate surface area is 138 Å². The van der Waals surface area contributed by atoms with Crippen LogP contribution in [0.25, 0.3) is 10.9 Å². The largest absolute Gasteiger partial charge is 0.871 e. The normalized spacial score (nSPS) is 12.7. The Morgan fingerprint density at radius 1 is 1.21 bits per heavy atom. The lowest BCUT2D eigenvalue weighted by atomic mass is 10.0. The molecule has 5 nitrogen and oxygen atoms in total. The zero-order chi connectivity index (χ0) is 16.7. The molecule has 0 spiro atoms. The minimum absolute atomic E-state index is 0.139. The Morgan fingerprint density at radius 2 is 2.00 bits per heavy atom. The molecule has 0 saturated carbocycles. The fourth-order valence-corrected chi connectivity index (χ4v) is 3.39. The Hall–Kier alpha value is -2.95. The van der Waals surface area contributed by atoms with Crippen molar-refractivity contribution in [3.05, 3.63) is 69.8 Å². The predicted molar refractivity (Wildman–Crippen MR) is 88.2 cm³/mol. The summed E-state index contributed by atoms with van der Waals surface area (Å²) in [6, 6.07) is 9.08. The third-order valence-electron chi connectivity index (χ3n) is 4.59. The average molecular weight is 319 g/mol. The lowest BCUT2D eigenvalue weighted by Crippen LogP contribution is -2.27. The first-order valence-electron chi connectivity index (χ1n) is 7.94. The summed E-state index contributed by atoms with van der Waals surface area (Å²) in [5, 5.41) is 13.2. The van der Waals surface area contributed by atoms with E-state index in [0.717, 1.165) is 17.5 Å². The smallest absolute Gasteiger partial charge is 0.261 e. The summed E-state index contributed by atoms with van der Waals surface area (Å²) in [7, 11) is 0. The Morgan fingerprint density at radius 3 is 2.79 bits per heavy atom. The molecule has 24 heavy (non-hydrogen) atoms. The van der Waals surface area contributed by atoms with Crippen LogP contribution in [0.3, 0.4) is 0 Å². The number of aromatic nitrogens is 2. The van der Waals surface area contributed by atoms with Gasteiger partial charge in [0.2, 0.25) is 0 Å². The molecule has 3 aromatic rings. The van der Waals surface area contributed by atoms with Gasteiger partial charge in [-0.2, -0.15) is 0 Å². The van der Waals surface area contributed by atoms with Crippen molar-refractivity contribution in [3.63, 3.8) is 0 Å². The summed E-state index contributed by atoms with van der Waals surface area (Å²) in [5.74, 6) is -0.820. The maximum absolute atomic E-state index is 12.7. The van der Waals surface area contributed by atoms with E-state index in [4.69, 9.17) is 0 Å². The van der Waals surface area contributed by atoms with Crippen molar-refractivity contribution < 1.29 is 9.90 Å². The van der Waals surface area contributed by atoms with Gasteiger partial charge in [0.15, 0.2) is 5.78 Å². The van der Waals surface area contributed by atoms with Gasteiger partial charge in [0, 0.05) is 25.4 Å². The second-order valence-electron chi connectivity index (χ2n) is 6.00. The molecule has 0 atom stereocenters. The first-order valence-corrected chi connectivity index (χ1v) is 7.94. The molecular weight excluding hydrogens is 304 g/mol. The molecule has 1 aliphatic heterocycles. The summed E-state index contributed by atoms with van der Waals surface area (Å²) >= 11 is 0. The highest BCUT2D eigenvalue weighted by Gasteiger charge is 2.22. The molecule has 1 aliphatic rings. The number of hydrogen-bond donors (Lipinski definition) is 0. The van der Waals surface area contributed by atoms with E-state index in [1.54, 1.807) is 23.0 Å². The number of ketones is 1. The Balaban J connectivity index is 1.75. The van der Waals surface area contributed by atoms with E-state index in [1.807, 2.05) is 24.3 Å². The van der Waals surface area contributed by atoms with Crippen LogP contribution in [0.5, 0.6) is 5.75 Å². The lowest BCUT2D eigenvalue weighted by molar-refractivity contribution is -0.266. The standard InChI is InChI=1S/C19H16N2O3/c22-15(5-4-12-6-9-20-10-7-12)16-18(23)14-3-1-2-13-8-11-21(17(13)14)19(16)24/h1-3,6-7,9-10,23H,4-5,8,11H2/p-1. The minimum Gasteiger partial charge on any atom is -0.871 e. The third-order valence-corrected chi connectivity index (χ3v) is 4.59. The van der Waals surface area contributed by atoms with Crippen molar-refractivity contribution in [1.82, 2.24) is 9.55 Å². The fraction of sp³-hybridized carbons (Fsp3) is 0.211. The Kier molecular flexibility index (Phi) is 3.41. The van der Waals surface area contributed by atoms with E-state index in [1.165, 1.54) is 0 Å². The summed E-state index contributed by atoms with van der Waals surface area (Å²) in [5.41, 5.74) is 2.00. The minimum atomic E-state index is -0.447. The quantitative estimate of drug-likeness (QED) is 0.688. The summed E-state index contributed by atoms with van der Waals surface area (Å²) in [4.78, 5) is 29.1. The van der Waals surface area contributed by atoms with E-state index in [0.29, 0.717) is 23.9 Å². The highest BCUT2D eigenvalue weighted by Crippen LogP contribution is 2.30. The van der Waals surface area contributed by atoms with Crippen LogP contribution in [0.4, 0.5) is 0 Å². The van der Waals surface area contributed by atoms with E-state index >= 15 is 0 Å². The van der Waals surface area contributed by atoms with Crippen molar-refractivity contribution in [2.45, 2.75) is 25.8 Å². The Bertz CT molecular complexity index is 1010. The average Bonchev–Trinajstić information content (AvgIpc) is 3.04. The second-order valence-corrected chi connectivity index (χ2v) is 6.00. The van der Waals surface area contributed by atoms with Gasteiger partial charge in [-0.3, -0.25) is 14.6 Å². The second kappa shape index (κ2) is 5.60. The number of carbonyl (C=O) groups is 1. The van der Waals surface area contributed by atoms with Gasteiger partial charge in [0.05, 0.1) is 11.1 Å². The van der Waals surface area contributed by atoms with Crippen molar-refractivity contribution in [2.24, 2.45) is 0 Å². The molecule has 0 amide bonds. The number of Topliss-reactive ketones (excluding diaryl/α,β-unsaturated/α-hetero) is 1.